The maximum atomic E-state index is 13.6. The third-order valence-electron chi connectivity index (χ3n) is 6.31. The summed E-state index contributed by atoms with van der Waals surface area (Å²) in [5, 5.41) is 0. The molecule has 3 rings (SSSR count). The van der Waals surface area contributed by atoms with E-state index >= 15 is 0 Å². The number of hydrogen-bond acceptors (Lipinski definition) is 5. The van der Waals surface area contributed by atoms with Gasteiger partial charge in [0.15, 0.2) is 5.78 Å². The second kappa shape index (κ2) is 9.45. The topological polar surface area (TPSA) is 81.5 Å². The van der Waals surface area contributed by atoms with Crippen LogP contribution in [-0.4, -0.2) is 44.8 Å². The Morgan fingerprint density at radius 2 is 2.00 bits per heavy atom. The molecule has 0 aromatic carbocycles. The molecule has 1 aliphatic carbocycles. The van der Waals surface area contributed by atoms with Gasteiger partial charge in [0.2, 0.25) is 5.91 Å². The van der Waals surface area contributed by atoms with Gasteiger partial charge in [-0.3, -0.25) is 14.6 Å². The van der Waals surface area contributed by atoms with Gasteiger partial charge in [0.1, 0.15) is 5.69 Å². The summed E-state index contributed by atoms with van der Waals surface area (Å²) in [7, 11) is 1.75. The van der Waals surface area contributed by atoms with Crippen LogP contribution in [0.2, 0.25) is 0 Å². The molecule has 2 heterocycles. The zero-order valence-electron chi connectivity index (χ0n) is 19.0. The Morgan fingerprint density at radius 1 is 1.29 bits per heavy atom. The number of carbonyl (C=O) groups is 3. The van der Waals surface area contributed by atoms with Crippen molar-refractivity contribution in [1.82, 2.24) is 14.5 Å². The van der Waals surface area contributed by atoms with Crippen LogP contribution in [0, 0.1) is 19.8 Å². The van der Waals surface area contributed by atoms with Gasteiger partial charge in [0.25, 0.3) is 0 Å². The summed E-state index contributed by atoms with van der Waals surface area (Å²) in [5.74, 6) is -0.638. The molecule has 0 spiro atoms. The van der Waals surface area contributed by atoms with Gasteiger partial charge in [-0.1, -0.05) is 12.5 Å². The van der Waals surface area contributed by atoms with Crippen LogP contribution in [-0.2, 0) is 23.1 Å². The zero-order chi connectivity index (χ0) is 22.7. The second-order valence-corrected chi connectivity index (χ2v) is 8.21. The summed E-state index contributed by atoms with van der Waals surface area (Å²) >= 11 is 0. The molecule has 7 heteroatoms. The van der Waals surface area contributed by atoms with Crippen molar-refractivity contribution >= 4 is 17.7 Å². The Labute approximate surface area is 183 Å². The number of nitrogens with zero attached hydrogens (tertiary/aromatic N) is 3. The number of pyridine rings is 1. The summed E-state index contributed by atoms with van der Waals surface area (Å²) in [6.45, 7) is 7.68. The standard InChI is InChI=1S/C24H31N3O4/c1-6-31-24(30)21-15(2)20(16(3)26(21)5)22(28)17(4)27(23(29)19-10-7-11-19)14-18-9-8-12-25-13-18/h8-9,12-13,17,19H,6-7,10-11,14H2,1-5H3. The first-order valence-electron chi connectivity index (χ1n) is 10.8. The molecular formula is C24H31N3O4. The number of carbonyl (C=O) groups excluding carboxylic acids is 3. The molecular weight excluding hydrogens is 394 g/mol. The lowest BCUT2D eigenvalue weighted by Crippen LogP contribution is -2.47. The molecule has 1 aliphatic rings. The van der Waals surface area contributed by atoms with Crippen LogP contribution < -0.4 is 0 Å². The molecule has 0 aliphatic heterocycles. The first kappa shape index (κ1) is 22.7. The number of amides is 1. The SMILES string of the molecule is CCOC(=O)c1c(C)c(C(=O)C(C)N(Cc2cccnc2)C(=O)C2CCC2)c(C)n1C. The molecule has 1 saturated carbocycles. The van der Waals surface area contributed by atoms with Crippen molar-refractivity contribution in [2.45, 2.75) is 59.5 Å². The maximum absolute atomic E-state index is 13.6. The smallest absolute Gasteiger partial charge is 0.355 e. The number of hydrogen-bond donors (Lipinski definition) is 0. The van der Waals surface area contributed by atoms with Crippen LogP contribution >= 0.6 is 0 Å². The Bertz CT molecular complexity index is 976. The van der Waals surface area contributed by atoms with Gasteiger partial charge in [-0.05, 0) is 57.7 Å². The largest absolute Gasteiger partial charge is 0.461 e. The van der Waals surface area contributed by atoms with Crippen molar-refractivity contribution in [2.75, 3.05) is 6.61 Å². The van der Waals surface area contributed by atoms with Gasteiger partial charge in [-0.25, -0.2) is 4.79 Å². The molecule has 1 unspecified atom stereocenters. The highest BCUT2D eigenvalue weighted by molar-refractivity contribution is 6.06. The quantitative estimate of drug-likeness (QED) is 0.477. The monoisotopic (exact) mass is 425 g/mol. The number of esters is 1. The van der Waals surface area contributed by atoms with E-state index in [1.165, 1.54) is 0 Å². The first-order chi connectivity index (χ1) is 14.8. The molecule has 7 nitrogen and oxygen atoms in total. The molecule has 0 saturated heterocycles. The first-order valence-corrected chi connectivity index (χ1v) is 10.8. The normalized spacial score (nSPS) is 14.6. The summed E-state index contributed by atoms with van der Waals surface area (Å²) in [6, 6.07) is 3.07. The molecule has 0 radical (unpaired) electrons. The molecule has 1 atom stereocenters. The van der Waals surface area contributed by atoms with Gasteiger partial charge < -0.3 is 14.2 Å². The number of aromatic nitrogens is 2. The molecule has 0 bridgehead atoms. The van der Waals surface area contributed by atoms with Gasteiger partial charge in [0, 0.05) is 43.2 Å². The third kappa shape index (κ3) is 4.40. The average molecular weight is 426 g/mol. The Kier molecular flexibility index (Phi) is 6.93. The van der Waals surface area contributed by atoms with E-state index in [1.54, 1.807) is 49.7 Å². The number of Topliss-reactive ketones (excluding diaryl/α,β-unsaturated/α-hetero) is 1. The fourth-order valence-electron chi connectivity index (χ4n) is 4.16. The van der Waals surface area contributed by atoms with E-state index in [0.717, 1.165) is 24.8 Å². The van der Waals surface area contributed by atoms with Crippen molar-refractivity contribution < 1.29 is 19.1 Å². The predicted octanol–water partition coefficient (Wildman–Crippen LogP) is 3.61. The Morgan fingerprint density at radius 3 is 2.55 bits per heavy atom. The van der Waals surface area contributed by atoms with Crippen molar-refractivity contribution in [3.8, 4) is 0 Å². The summed E-state index contributed by atoms with van der Waals surface area (Å²) in [6.07, 6.45) is 6.17. The Balaban J connectivity index is 1.95. The Hall–Kier alpha value is -2.96. The maximum Gasteiger partial charge on any atom is 0.355 e. The van der Waals surface area contributed by atoms with Crippen molar-refractivity contribution in [2.24, 2.45) is 13.0 Å². The highest BCUT2D eigenvalue weighted by Crippen LogP contribution is 2.31. The highest BCUT2D eigenvalue weighted by Gasteiger charge is 2.36. The predicted molar refractivity (Wildman–Crippen MR) is 117 cm³/mol. The van der Waals surface area contributed by atoms with Crippen molar-refractivity contribution in [3.63, 3.8) is 0 Å². The van der Waals surface area contributed by atoms with E-state index in [-0.39, 0.29) is 24.2 Å². The van der Waals surface area contributed by atoms with Crippen LogP contribution in [0.5, 0.6) is 0 Å². The van der Waals surface area contributed by atoms with E-state index in [2.05, 4.69) is 4.98 Å². The van der Waals surface area contributed by atoms with Gasteiger partial charge >= 0.3 is 5.97 Å². The third-order valence-corrected chi connectivity index (χ3v) is 6.31. The molecule has 31 heavy (non-hydrogen) atoms. The number of rotatable bonds is 8. The lowest BCUT2D eigenvalue weighted by atomic mass is 9.83. The van der Waals surface area contributed by atoms with Crippen LogP contribution in [0.15, 0.2) is 24.5 Å². The van der Waals surface area contributed by atoms with E-state index in [4.69, 9.17) is 4.74 Å². The molecule has 2 aromatic heterocycles. The average Bonchev–Trinajstić information content (AvgIpc) is 2.93. The molecule has 166 valence electrons. The second-order valence-electron chi connectivity index (χ2n) is 8.21. The van der Waals surface area contributed by atoms with Gasteiger partial charge in [-0.15, -0.1) is 0 Å². The highest BCUT2D eigenvalue weighted by atomic mass is 16.5. The molecule has 1 fully saturated rings. The minimum Gasteiger partial charge on any atom is -0.461 e. The van der Waals surface area contributed by atoms with E-state index in [0.29, 0.717) is 29.1 Å². The van der Waals surface area contributed by atoms with Gasteiger partial charge in [-0.2, -0.15) is 0 Å². The van der Waals surface area contributed by atoms with Crippen LogP contribution in [0.3, 0.4) is 0 Å². The van der Waals surface area contributed by atoms with Gasteiger partial charge in [0.05, 0.1) is 12.6 Å². The van der Waals surface area contributed by atoms with E-state index < -0.39 is 12.0 Å². The van der Waals surface area contributed by atoms with E-state index in [1.807, 2.05) is 19.1 Å². The zero-order valence-corrected chi connectivity index (χ0v) is 19.0. The minimum absolute atomic E-state index is 0.00723. The summed E-state index contributed by atoms with van der Waals surface area (Å²) in [4.78, 5) is 45.1. The number of ether oxygens (including phenoxy) is 1. The van der Waals surface area contributed by atoms with Crippen LogP contribution in [0.1, 0.15) is 70.8 Å². The summed E-state index contributed by atoms with van der Waals surface area (Å²) < 4.78 is 6.87. The fourth-order valence-corrected chi connectivity index (χ4v) is 4.16. The van der Waals surface area contributed by atoms with Crippen molar-refractivity contribution in [1.29, 1.82) is 0 Å². The lowest BCUT2D eigenvalue weighted by molar-refractivity contribution is -0.140. The van der Waals surface area contributed by atoms with Crippen LogP contribution in [0.25, 0.3) is 0 Å². The summed E-state index contributed by atoms with van der Waals surface area (Å²) in [5.41, 5.74) is 3.01. The van der Waals surface area contributed by atoms with E-state index in [9.17, 15) is 14.4 Å². The molecule has 1 amide bonds. The number of ketones is 1. The van der Waals surface area contributed by atoms with Crippen molar-refractivity contribution in [3.05, 3.63) is 52.6 Å². The molecule has 0 N–H and O–H groups in total. The lowest BCUT2D eigenvalue weighted by Gasteiger charge is -2.35. The fraction of sp³-hybridized carbons (Fsp3) is 0.500. The molecule has 2 aromatic rings. The van der Waals surface area contributed by atoms with Crippen LogP contribution in [0.4, 0.5) is 0 Å². The minimum atomic E-state index is -0.664.